The third-order valence-electron chi connectivity index (χ3n) is 2.39. The first-order valence-electron chi connectivity index (χ1n) is 5.05. The van der Waals surface area contributed by atoms with E-state index in [0.717, 1.165) is 29.2 Å². The lowest BCUT2D eigenvalue weighted by atomic mass is 10.1. The van der Waals surface area contributed by atoms with Gasteiger partial charge in [0.2, 0.25) is 0 Å². The molecule has 0 fully saturated rings. The molecule has 2 N–H and O–H groups in total. The van der Waals surface area contributed by atoms with Gasteiger partial charge in [0.1, 0.15) is 11.6 Å². The third-order valence-corrected chi connectivity index (χ3v) is 2.39. The second-order valence-corrected chi connectivity index (χ2v) is 3.55. The summed E-state index contributed by atoms with van der Waals surface area (Å²) < 4.78 is 0. The van der Waals surface area contributed by atoms with Crippen LogP contribution in [0.2, 0.25) is 0 Å². The molecule has 2 rings (SSSR count). The van der Waals surface area contributed by atoms with Crippen LogP contribution in [0.5, 0.6) is 5.75 Å². The average Bonchev–Trinajstić information content (AvgIpc) is 2.61. The summed E-state index contributed by atoms with van der Waals surface area (Å²) in [7, 11) is 0. The first-order chi connectivity index (χ1) is 7.20. The number of hydrogen-bond acceptors (Lipinski definition) is 2. The molecule has 0 spiro atoms. The van der Waals surface area contributed by atoms with E-state index in [1.165, 1.54) is 0 Å². The van der Waals surface area contributed by atoms with E-state index in [2.05, 4.69) is 16.9 Å². The molecule has 0 unspecified atom stereocenters. The number of aryl methyl sites for hydroxylation is 2. The van der Waals surface area contributed by atoms with Crippen LogP contribution in [0.15, 0.2) is 24.3 Å². The largest absolute Gasteiger partial charge is 0.508 e. The smallest absolute Gasteiger partial charge is 0.115 e. The Labute approximate surface area is 88.8 Å². The number of hydrogen-bond donors (Lipinski definition) is 2. The monoisotopic (exact) mass is 202 g/mol. The molecular weight excluding hydrogens is 188 g/mol. The van der Waals surface area contributed by atoms with Crippen LogP contribution in [0.1, 0.15) is 18.4 Å². The molecule has 1 aromatic heterocycles. The lowest BCUT2D eigenvalue weighted by molar-refractivity contribution is 0.475. The molecule has 0 saturated heterocycles. The lowest BCUT2D eigenvalue weighted by Gasteiger charge is -2.00. The van der Waals surface area contributed by atoms with Crippen molar-refractivity contribution in [3.05, 3.63) is 35.8 Å². The number of aromatic hydroxyl groups is 1. The quantitative estimate of drug-likeness (QED) is 0.786. The van der Waals surface area contributed by atoms with Crippen molar-refractivity contribution < 1.29 is 5.11 Å². The first kappa shape index (κ1) is 9.77. The van der Waals surface area contributed by atoms with Crippen LogP contribution in [-0.4, -0.2) is 15.1 Å². The summed E-state index contributed by atoms with van der Waals surface area (Å²) in [6.07, 6.45) is 0.928. The van der Waals surface area contributed by atoms with E-state index in [4.69, 9.17) is 0 Å². The summed E-state index contributed by atoms with van der Waals surface area (Å²) in [5.74, 6) is 1.21. The van der Waals surface area contributed by atoms with Gasteiger partial charge in [0.05, 0.1) is 5.69 Å². The maximum Gasteiger partial charge on any atom is 0.115 e. The first-order valence-corrected chi connectivity index (χ1v) is 5.05. The molecule has 15 heavy (non-hydrogen) atoms. The summed E-state index contributed by atoms with van der Waals surface area (Å²) >= 11 is 0. The molecular formula is C12H14N2O. The number of benzene rings is 1. The summed E-state index contributed by atoms with van der Waals surface area (Å²) in [4.78, 5) is 7.68. The Kier molecular flexibility index (Phi) is 2.46. The molecule has 0 aliphatic carbocycles. The molecule has 0 atom stereocenters. The van der Waals surface area contributed by atoms with Gasteiger partial charge in [-0.25, -0.2) is 4.98 Å². The van der Waals surface area contributed by atoms with Gasteiger partial charge in [-0.2, -0.15) is 0 Å². The molecule has 0 bridgehead atoms. The summed E-state index contributed by atoms with van der Waals surface area (Å²) in [5.41, 5.74) is 3.15. The number of phenols is 1. The Hall–Kier alpha value is -1.77. The van der Waals surface area contributed by atoms with Gasteiger partial charge >= 0.3 is 0 Å². The number of nitrogens with one attached hydrogen (secondary N) is 1. The molecule has 1 aromatic carbocycles. The fourth-order valence-electron chi connectivity index (χ4n) is 1.65. The number of nitrogens with zero attached hydrogens (tertiary/aromatic N) is 1. The molecule has 3 heteroatoms. The number of rotatable bonds is 2. The Morgan fingerprint density at radius 1 is 1.27 bits per heavy atom. The Morgan fingerprint density at radius 2 is 1.93 bits per heavy atom. The van der Waals surface area contributed by atoms with Crippen molar-refractivity contribution in [2.24, 2.45) is 0 Å². The number of aromatic amines is 1. The lowest BCUT2D eigenvalue weighted by Crippen LogP contribution is -1.85. The van der Waals surface area contributed by atoms with Crippen LogP contribution >= 0.6 is 0 Å². The van der Waals surface area contributed by atoms with Crippen molar-refractivity contribution >= 4 is 0 Å². The fourth-order valence-corrected chi connectivity index (χ4v) is 1.65. The van der Waals surface area contributed by atoms with E-state index in [1.807, 2.05) is 19.1 Å². The van der Waals surface area contributed by atoms with Crippen molar-refractivity contribution in [2.45, 2.75) is 20.3 Å². The standard InChI is InChI=1S/C12H14N2O/c1-3-11-12(14-8(2)13-11)9-4-6-10(15)7-5-9/h4-7,15H,3H2,1-2H3,(H,13,14). The second-order valence-electron chi connectivity index (χ2n) is 3.55. The maximum absolute atomic E-state index is 9.21. The van der Waals surface area contributed by atoms with Crippen molar-refractivity contribution in [2.75, 3.05) is 0 Å². The van der Waals surface area contributed by atoms with E-state index in [1.54, 1.807) is 12.1 Å². The molecule has 0 radical (unpaired) electrons. The minimum Gasteiger partial charge on any atom is -0.508 e. The van der Waals surface area contributed by atoms with Crippen molar-refractivity contribution in [3.8, 4) is 17.0 Å². The van der Waals surface area contributed by atoms with Gasteiger partial charge in [0, 0.05) is 11.3 Å². The zero-order valence-corrected chi connectivity index (χ0v) is 8.91. The van der Waals surface area contributed by atoms with Crippen molar-refractivity contribution in [3.63, 3.8) is 0 Å². The van der Waals surface area contributed by atoms with E-state index >= 15 is 0 Å². The van der Waals surface area contributed by atoms with Gasteiger partial charge in [0.25, 0.3) is 0 Å². The highest BCUT2D eigenvalue weighted by Gasteiger charge is 2.08. The summed E-state index contributed by atoms with van der Waals surface area (Å²) in [5, 5.41) is 9.21. The normalized spacial score (nSPS) is 10.5. The van der Waals surface area contributed by atoms with Crippen LogP contribution in [0.3, 0.4) is 0 Å². The molecule has 1 heterocycles. The molecule has 0 aliphatic rings. The average molecular weight is 202 g/mol. The predicted molar refractivity (Wildman–Crippen MR) is 59.8 cm³/mol. The summed E-state index contributed by atoms with van der Waals surface area (Å²) in [6.45, 7) is 4.04. The zero-order valence-electron chi connectivity index (χ0n) is 8.91. The predicted octanol–water partition coefficient (Wildman–Crippen LogP) is 2.65. The van der Waals surface area contributed by atoms with Crippen LogP contribution in [0, 0.1) is 6.92 Å². The third kappa shape index (κ3) is 1.86. The summed E-state index contributed by atoms with van der Waals surface area (Å²) in [6, 6.07) is 7.12. The van der Waals surface area contributed by atoms with Crippen LogP contribution in [-0.2, 0) is 6.42 Å². The number of phenolic OH excluding ortho intramolecular Hbond substituents is 1. The number of H-pyrrole nitrogens is 1. The number of aromatic nitrogens is 2. The molecule has 0 saturated carbocycles. The maximum atomic E-state index is 9.21. The Balaban J connectivity index is 2.48. The van der Waals surface area contributed by atoms with Gasteiger partial charge < -0.3 is 10.1 Å². The van der Waals surface area contributed by atoms with Gasteiger partial charge in [-0.1, -0.05) is 6.92 Å². The zero-order chi connectivity index (χ0) is 10.8. The van der Waals surface area contributed by atoms with Crippen molar-refractivity contribution in [1.82, 2.24) is 9.97 Å². The highest BCUT2D eigenvalue weighted by molar-refractivity contribution is 5.62. The Morgan fingerprint density at radius 3 is 2.53 bits per heavy atom. The second kappa shape index (κ2) is 3.77. The molecule has 0 aliphatic heterocycles. The van der Waals surface area contributed by atoms with Gasteiger partial charge in [-0.15, -0.1) is 0 Å². The van der Waals surface area contributed by atoms with Crippen molar-refractivity contribution in [1.29, 1.82) is 0 Å². The van der Waals surface area contributed by atoms with Crippen LogP contribution in [0.4, 0.5) is 0 Å². The SMILES string of the molecule is CCc1[nH]c(C)nc1-c1ccc(O)cc1. The molecule has 78 valence electrons. The van der Waals surface area contributed by atoms with Gasteiger partial charge in [-0.3, -0.25) is 0 Å². The highest BCUT2D eigenvalue weighted by Crippen LogP contribution is 2.23. The minimum atomic E-state index is 0.282. The Bertz CT molecular complexity index is 457. The van der Waals surface area contributed by atoms with Gasteiger partial charge in [0.15, 0.2) is 0 Å². The molecule has 0 amide bonds. The molecule has 3 nitrogen and oxygen atoms in total. The van der Waals surface area contributed by atoms with E-state index < -0.39 is 0 Å². The van der Waals surface area contributed by atoms with E-state index in [-0.39, 0.29) is 5.75 Å². The van der Waals surface area contributed by atoms with Gasteiger partial charge in [-0.05, 0) is 37.6 Å². The highest BCUT2D eigenvalue weighted by atomic mass is 16.3. The fraction of sp³-hybridized carbons (Fsp3) is 0.250. The topological polar surface area (TPSA) is 48.9 Å². The van der Waals surface area contributed by atoms with E-state index in [0.29, 0.717) is 0 Å². The minimum absolute atomic E-state index is 0.282. The van der Waals surface area contributed by atoms with Crippen LogP contribution in [0.25, 0.3) is 11.3 Å². The number of imidazole rings is 1. The molecule has 2 aromatic rings. The van der Waals surface area contributed by atoms with E-state index in [9.17, 15) is 5.11 Å². The van der Waals surface area contributed by atoms with Crippen LogP contribution < -0.4 is 0 Å².